The predicted octanol–water partition coefficient (Wildman–Crippen LogP) is 2.64. The number of furan rings is 1. The predicted molar refractivity (Wildman–Crippen MR) is 82.0 cm³/mol. The van der Waals surface area contributed by atoms with E-state index in [1.54, 1.807) is 31.2 Å². The van der Waals surface area contributed by atoms with Gasteiger partial charge in [0.25, 0.3) is 5.91 Å². The van der Waals surface area contributed by atoms with Crippen molar-refractivity contribution in [2.75, 3.05) is 5.32 Å². The molecule has 8 heteroatoms. The molecule has 2 N–H and O–H groups in total. The molecule has 0 spiro atoms. The van der Waals surface area contributed by atoms with Crippen molar-refractivity contribution in [2.24, 2.45) is 0 Å². The maximum atomic E-state index is 12.0. The molecule has 1 atom stereocenters. The van der Waals surface area contributed by atoms with Crippen molar-refractivity contribution >= 4 is 23.4 Å². The fraction of sp³-hybridized carbons (Fsp3) is 0.200. The van der Waals surface area contributed by atoms with Gasteiger partial charge in [-0.2, -0.15) is 0 Å². The first kappa shape index (κ1) is 16.2. The third kappa shape index (κ3) is 4.16. The van der Waals surface area contributed by atoms with Crippen LogP contribution in [0.5, 0.6) is 0 Å². The summed E-state index contributed by atoms with van der Waals surface area (Å²) in [6.07, 6.45) is 0. The minimum Gasteiger partial charge on any atom is -0.395 e. The summed E-state index contributed by atoms with van der Waals surface area (Å²) in [4.78, 5) is 32.9. The number of benzene rings is 1. The number of amides is 2. The zero-order chi connectivity index (χ0) is 17.0. The Morgan fingerprint density at radius 1 is 1.26 bits per heavy atom. The van der Waals surface area contributed by atoms with Crippen LogP contribution in [0.4, 0.5) is 11.6 Å². The second-order valence-corrected chi connectivity index (χ2v) is 4.90. The molecule has 0 aliphatic carbocycles. The van der Waals surface area contributed by atoms with Gasteiger partial charge in [0.05, 0.1) is 12.1 Å². The van der Waals surface area contributed by atoms with Crippen molar-refractivity contribution < 1.29 is 18.9 Å². The Labute approximate surface area is 131 Å². The van der Waals surface area contributed by atoms with E-state index in [1.165, 1.54) is 13.0 Å². The maximum absolute atomic E-state index is 12.0. The van der Waals surface area contributed by atoms with Crippen LogP contribution in [0, 0.1) is 10.1 Å². The van der Waals surface area contributed by atoms with Crippen molar-refractivity contribution in [2.45, 2.75) is 19.9 Å². The number of nitrogens with zero attached hydrogens (tertiary/aromatic N) is 1. The number of rotatable bonds is 5. The van der Waals surface area contributed by atoms with E-state index in [2.05, 4.69) is 10.6 Å². The van der Waals surface area contributed by atoms with Crippen LogP contribution in [0.3, 0.4) is 0 Å². The number of carbonyl (C=O) groups is 2. The van der Waals surface area contributed by atoms with Crippen LogP contribution in [0.2, 0.25) is 0 Å². The number of hydrogen-bond acceptors (Lipinski definition) is 5. The molecule has 1 aromatic heterocycles. The van der Waals surface area contributed by atoms with Crippen LogP contribution >= 0.6 is 0 Å². The number of anilines is 1. The summed E-state index contributed by atoms with van der Waals surface area (Å²) in [5.74, 6) is -1.38. The minimum atomic E-state index is -0.711. The van der Waals surface area contributed by atoms with Crippen LogP contribution in [0.25, 0.3) is 0 Å². The molecule has 2 amide bonds. The highest BCUT2D eigenvalue weighted by molar-refractivity contribution is 5.92. The molecule has 120 valence electrons. The molecule has 0 aliphatic rings. The van der Waals surface area contributed by atoms with Gasteiger partial charge >= 0.3 is 5.88 Å². The Morgan fingerprint density at radius 2 is 2.00 bits per heavy atom. The molecule has 0 aliphatic heterocycles. The Bertz CT molecular complexity index is 753. The lowest BCUT2D eigenvalue weighted by atomic mass is 10.1. The van der Waals surface area contributed by atoms with Crippen LogP contribution in [-0.4, -0.2) is 16.7 Å². The van der Waals surface area contributed by atoms with Crippen molar-refractivity contribution in [3.8, 4) is 0 Å². The second-order valence-electron chi connectivity index (χ2n) is 4.90. The lowest BCUT2D eigenvalue weighted by molar-refractivity contribution is -0.402. The van der Waals surface area contributed by atoms with Crippen LogP contribution < -0.4 is 10.6 Å². The lowest BCUT2D eigenvalue weighted by Crippen LogP contribution is -2.26. The molecule has 0 saturated heterocycles. The molecule has 2 rings (SSSR count). The zero-order valence-electron chi connectivity index (χ0n) is 12.5. The monoisotopic (exact) mass is 317 g/mol. The molecule has 23 heavy (non-hydrogen) atoms. The quantitative estimate of drug-likeness (QED) is 0.650. The summed E-state index contributed by atoms with van der Waals surface area (Å²) < 4.78 is 4.85. The van der Waals surface area contributed by atoms with E-state index in [1.807, 2.05) is 0 Å². The molecule has 0 unspecified atom stereocenters. The fourth-order valence-corrected chi connectivity index (χ4v) is 1.99. The first-order valence-corrected chi connectivity index (χ1v) is 6.79. The number of nitro groups is 1. The Balaban J connectivity index is 2.08. The smallest absolute Gasteiger partial charge is 0.395 e. The minimum absolute atomic E-state index is 0.137. The van der Waals surface area contributed by atoms with Gasteiger partial charge < -0.3 is 15.1 Å². The number of nitrogens with one attached hydrogen (secondary N) is 2. The highest BCUT2D eigenvalue weighted by Crippen LogP contribution is 2.20. The Hall–Kier alpha value is -3.16. The Kier molecular flexibility index (Phi) is 4.75. The first-order chi connectivity index (χ1) is 10.9. The molecule has 1 aromatic carbocycles. The van der Waals surface area contributed by atoms with Gasteiger partial charge in [-0.1, -0.05) is 12.1 Å². The van der Waals surface area contributed by atoms with E-state index in [0.29, 0.717) is 5.69 Å². The average Bonchev–Trinajstić information content (AvgIpc) is 2.97. The van der Waals surface area contributed by atoms with Crippen LogP contribution in [0.15, 0.2) is 40.8 Å². The van der Waals surface area contributed by atoms with E-state index >= 15 is 0 Å². The standard InChI is InChI=1S/C15H15N3O5/c1-9(11-4-3-5-12(8-11)17-10(2)19)16-15(20)13-6-7-14(23-13)18(21)22/h3-9H,1-2H3,(H,16,20)(H,17,19)/t9-/m1/s1. The molecule has 8 nitrogen and oxygen atoms in total. The van der Waals surface area contributed by atoms with E-state index < -0.39 is 16.7 Å². The molecular formula is C15H15N3O5. The first-order valence-electron chi connectivity index (χ1n) is 6.79. The third-order valence-electron chi connectivity index (χ3n) is 3.05. The lowest BCUT2D eigenvalue weighted by Gasteiger charge is -2.14. The second kappa shape index (κ2) is 6.73. The highest BCUT2D eigenvalue weighted by atomic mass is 16.6. The summed E-state index contributed by atoms with van der Waals surface area (Å²) in [7, 11) is 0. The van der Waals surface area contributed by atoms with Gasteiger partial charge in [-0.3, -0.25) is 19.7 Å². The van der Waals surface area contributed by atoms with Crippen molar-refractivity contribution in [3.63, 3.8) is 0 Å². The van der Waals surface area contributed by atoms with Gasteiger partial charge in [0.1, 0.15) is 4.92 Å². The van der Waals surface area contributed by atoms with Gasteiger partial charge in [0.2, 0.25) is 5.91 Å². The summed E-state index contributed by atoms with van der Waals surface area (Å²) in [6, 6.07) is 9.00. The molecule has 0 fully saturated rings. The van der Waals surface area contributed by atoms with Gasteiger partial charge in [0, 0.05) is 12.6 Å². The summed E-state index contributed by atoms with van der Waals surface area (Å²) in [5.41, 5.74) is 1.38. The van der Waals surface area contributed by atoms with Gasteiger partial charge in [0.15, 0.2) is 5.76 Å². The van der Waals surface area contributed by atoms with Crippen molar-refractivity contribution in [1.82, 2.24) is 5.32 Å². The SMILES string of the molecule is CC(=O)Nc1cccc([C@@H](C)NC(=O)c2ccc([N+](=O)[O-])o2)c1. The van der Waals surface area contributed by atoms with Crippen LogP contribution in [-0.2, 0) is 4.79 Å². The summed E-state index contributed by atoms with van der Waals surface area (Å²) in [5, 5.41) is 15.9. The van der Waals surface area contributed by atoms with Gasteiger partial charge in [-0.15, -0.1) is 0 Å². The Morgan fingerprint density at radius 3 is 2.61 bits per heavy atom. The van der Waals surface area contributed by atoms with E-state index in [-0.39, 0.29) is 17.7 Å². The molecular weight excluding hydrogens is 302 g/mol. The largest absolute Gasteiger partial charge is 0.433 e. The summed E-state index contributed by atoms with van der Waals surface area (Å²) in [6.45, 7) is 3.16. The van der Waals surface area contributed by atoms with Gasteiger partial charge in [-0.25, -0.2) is 0 Å². The zero-order valence-corrected chi connectivity index (χ0v) is 12.5. The molecule has 1 heterocycles. The summed E-state index contributed by atoms with van der Waals surface area (Å²) >= 11 is 0. The molecule has 0 saturated carbocycles. The maximum Gasteiger partial charge on any atom is 0.433 e. The fourth-order valence-electron chi connectivity index (χ4n) is 1.99. The molecule has 0 bridgehead atoms. The average molecular weight is 317 g/mol. The van der Waals surface area contributed by atoms with Crippen molar-refractivity contribution in [1.29, 1.82) is 0 Å². The normalized spacial score (nSPS) is 11.6. The number of hydrogen-bond donors (Lipinski definition) is 2. The van der Waals surface area contributed by atoms with Gasteiger partial charge in [-0.05, 0) is 30.7 Å². The highest BCUT2D eigenvalue weighted by Gasteiger charge is 2.19. The molecule has 2 aromatic rings. The van der Waals surface area contributed by atoms with E-state index in [0.717, 1.165) is 11.6 Å². The van der Waals surface area contributed by atoms with E-state index in [4.69, 9.17) is 4.42 Å². The van der Waals surface area contributed by atoms with Crippen LogP contribution in [0.1, 0.15) is 36.0 Å². The van der Waals surface area contributed by atoms with Crippen molar-refractivity contribution in [3.05, 3.63) is 57.8 Å². The third-order valence-corrected chi connectivity index (χ3v) is 3.05. The number of carbonyl (C=O) groups excluding carboxylic acids is 2. The molecule has 0 radical (unpaired) electrons. The topological polar surface area (TPSA) is 114 Å². The van der Waals surface area contributed by atoms with E-state index in [9.17, 15) is 19.7 Å².